The molecule has 2 fully saturated rings. The number of nitrogens with zero attached hydrogens (tertiary/aromatic N) is 3. The van der Waals surface area contributed by atoms with Crippen molar-refractivity contribution in [3.05, 3.63) is 113 Å². The quantitative estimate of drug-likeness (QED) is 0.0753. The third kappa shape index (κ3) is 9.23. The van der Waals surface area contributed by atoms with Gasteiger partial charge in [-0.25, -0.2) is 9.78 Å². The minimum absolute atomic E-state index is 0.0360. The number of nitrogens with one attached hydrogen (secondary N) is 3. The molecule has 7 amide bonds. The van der Waals surface area contributed by atoms with E-state index in [0.29, 0.717) is 68.5 Å². The molecule has 1 aromatic heterocycles. The molecule has 1 atom stereocenters. The maximum absolute atomic E-state index is 13.5. The van der Waals surface area contributed by atoms with E-state index in [1.165, 1.54) is 19.4 Å². The summed E-state index contributed by atoms with van der Waals surface area (Å²) in [6, 6.07) is 19.3. The summed E-state index contributed by atoms with van der Waals surface area (Å²) in [6.45, 7) is 1.33. The van der Waals surface area contributed by atoms with Crippen LogP contribution in [0.15, 0.2) is 79.0 Å². The van der Waals surface area contributed by atoms with E-state index < -0.39 is 47.1 Å². The van der Waals surface area contributed by atoms with Crippen LogP contribution in [0.3, 0.4) is 0 Å². The first-order valence-electron chi connectivity index (χ1n) is 22.2. The number of esters is 1. The Balaban J connectivity index is 0.749. The first kappa shape index (κ1) is 45.1. The van der Waals surface area contributed by atoms with Crippen LogP contribution in [0.5, 0.6) is 11.5 Å². The highest BCUT2D eigenvalue weighted by atomic mass is 16.5. The lowest BCUT2D eigenvalue weighted by Crippen LogP contribution is -2.56. The van der Waals surface area contributed by atoms with Gasteiger partial charge in [0, 0.05) is 62.1 Å². The van der Waals surface area contributed by atoms with Gasteiger partial charge in [0.15, 0.2) is 11.4 Å². The average Bonchev–Trinajstić information content (AvgIpc) is 3.82. The molecule has 0 saturated carbocycles. The van der Waals surface area contributed by atoms with Crippen LogP contribution in [0.2, 0.25) is 0 Å². The normalized spacial score (nSPS) is 17.7. The van der Waals surface area contributed by atoms with E-state index in [-0.39, 0.29) is 71.9 Å². The van der Waals surface area contributed by atoms with Crippen molar-refractivity contribution < 1.29 is 52.9 Å². The first-order valence-corrected chi connectivity index (χ1v) is 22.2. The molecule has 4 aliphatic rings. The SMILES string of the molecule is COC(=O)C1(NC(=O)c2nccc(-c3ccc(C(=O)NC4CCN(C(=O)CCCCCCOc5cccc6c5C(=O)N(C5CCC(=O)NC5=O)C6=O)CC4)cc3)c2O)Cc2ccccc2C1. The maximum atomic E-state index is 13.5. The van der Waals surface area contributed by atoms with Gasteiger partial charge in [-0.3, -0.25) is 43.8 Å². The molecule has 2 saturated heterocycles. The third-order valence-corrected chi connectivity index (χ3v) is 12.8. The van der Waals surface area contributed by atoms with E-state index in [0.717, 1.165) is 28.9 Å². The molecule has 1 aliphatic carbocycles. The van der Waals surface area contributed by atoms with Crippen LogP contribution >= 0.6 is 0 Å². The van der Waals surface area contributed by atoms with Gasteiger partial charge < -0.3 is 30.1 Å². The summed E-state index contributed by atoms with van der Waals surface area (Å²) in [7, 11) is 1.26. The van der Waals surface area contributed by atoms with Gasteiger partial charge in [-0.15, -0.1) is 0 Å². The topological polar surface area (TPSA) is 231 Å². The van der Waals surface area contributed by atoms with Crippen molar-refractivity contribution in [2.24, 2.45) is 0 Å². The van der Waals surface area contributed by atoms with Crippen molar-refractivity contribution >= 4 is 47.3 Å². The molecule has 0 radical (unpaired) electrons. The summed E-state index contributed by atoms with van der Waals surface area (Å²) in [6.07, 6.45) is 6.50. The highest BCUT2D eigenvalue weighted by Crippen LogP contribution is 2.36. The van der Waals surface area contributed by atoms with Crippen LogP contribution in [0.25, 0.3) is 11.1 Å². The Morgan fingerprint density at radius 1 is 0.818 bits per heavy atom. The molecule has 4 aromatic rings. The summed E-state index contributed by atoms with van der Waals surface area (Å²) in [5, 5.41) is 19.3. The zero-order valence-corrected chi connectivity index (χ0v) is 36.4. The lowest BCUT2D eigenvalue weighted by atomic mass is 9.95. The molecule has 0 spiro atoms. The van der Waals surface area contributed by atoms with Crippen molar-refractivity contribution in [1.29, 1.82) is 0 Å². The smallest absolute Gasteiger partial charge is 0.332 e. The number of imide groups is 2. The summed E-state index contributed by atoms with van der Waals surface area (Å²) in [4.78, 5) is 110. The maximum Gasteiger partial charge on any atom is 0.332 e. The second kappa shape index (κ2) is 19.4. The molecule has 17 nitrogen and oxygen atoms in total. The minimum Gasteiger partial charge on any atom is -0.505 e. The molecular formula is C49H50N6O11. The Hall–Kier alpha value is -7.43. The summed E-state index contributed by atoms with van der Waals surface area (Å²) >= 11 is 0. The molecule has 0 bridgehead atoms. The number of hydrogen-bond acceptors (Lipinski definition) is 12. The Bertz CT molecular complexity index is 2580. The number of aromatic nitrogens is 1. The largest absolute Gasteiger partial charge is 0.505 e. The number of benzene rings is 3. The zero-order valence-electron chi connectivity index (χ0n) is 36.4. The zero-order chi connectivity index (χ0) is 46.5. The number of amides is 7. The summed E-state index contributed by atoms with van der Waals surface area (Å²) in [5.74, 6) is -3.97. The Labute approximate surface area is 380 Å². The monoisotopic (exact) mass is 898 g/mol. The standard InChI is InChI=1S/C49H50N6O11/c1-65-48(64)49(27-31-9-5-6-10-32(31)28-49)53-45(61)41-42(58)34(20-23-50-41)29-14-16-30(17-15-29)43(59)51-33-21-24-54(25-22-33)39(57)13-4-2-3-7-26-66-37-12-8-11-35-40(37)47(63)55(46(35)62)36-18-19-38(56)52-44(36)60/h5-6,8-12,14-17,20,23,33,36,58H,2-4,7,13,18-19,21-22,24-28H2,1H3,(H,51,59)(H,53,61)(H,52,56,60). The van der Waals surface area contributed by atoms with E-state index in [2.05, 4.69) is 20.9 Å². The van der Waals surface area contributed by atoms with Crippen LogP contribution < -0.4 is 20.7 Å². The Morgan fingerprint density at radius 3 is 2.23 bits per heavy atom. The second-order valence-corrected chi connectivity index (χ2v) is 17.1. The summed E-state index contributed by atoms with van der Waals surface area (Å²) < 4.78 is 11.0. The van der Waals surface area contributed by atoms with Crippen LogP contribution in [-0.4, -0.2) is 112 Å². The van der Waals surface area contributed by atoms with Gasteiger partial charge in [0.2, 0.25) is 17.7 Å². The number of fused-ring (bicyclic) bond motifs is 2. The van der Waals surface area contributed by atoms with Crippen molar-refractivity contribution in [2.45, 2.75) is 88.3 Å². The van der Waals surface area contributed by atoms with Crippen molar-refractivity contribution in [2.75, 3.05) is 26.8 Å². The van der Waals surface area contributed by atoms with E-state index >= 15 is 0 Å². The molecule has 1 unspecified atom stereocenters. The number of ether oxygens (including phenoxy) is 2. The molecule has 66 heavy (non-hydrogen) atoms. The number of methoxy groups -OCH3 is 1. The van der Waals surface area contributed by atoms with Crippen LogP contribution in [-0.2, 0) is 36.8 Å². The number of piperidine rings is 2. The predicted octanol–water partition coefficient (Wildman–Crippen LogP) is 4.05. The summed E-state index contributed by atoms with van der Waals surface area (Å²) in [5.41, 5.74) is 1.78. The average molecular weight is 899 g/mol. The van der Waals surface area contributed by atoms with Crippen molar-refractivity contribution in [1.82, 2.24) is 30.7 Å². The van der Waals surface area contributed by atoms with Crippen LogP contribution in [0.4, 0.5) is 0 Å². The number of aromatic hydroxyl groups is 1. The van der Waals surface area contributed by atoms with Gasteiger partial charge in [0.05, 0.1) is 24.8 Å². The second-order valence-electron chi connectivity index (χ2n) is 17.1. The molecule has 8 rings (SSSR count). The van der Waals surface area contributed by atoms with Crippen LogP contribution in [0.1, 0.15) is 110 Å². The lowest BCUT2D eigenvalue weighted by Gasteiger charge is -2.32. The predicted molar refractivity (Wildman–Crippen MR) is 236 cm³/mol. The number of carbonyl (C=O) groups excluding carboxylic acids is 8. The van der Waals surface area contributed by atoms with Gasteiger partial charge in [0.25, 0.3) is 23.6 Å². The van der Waals surface area contributed by atoms with Crippen molar-refractivity contribution in [3.8, 4) is 22.6 Å². The Morgan fingerprint density at radius 2 is 1.53 bits per heavy atom. The van der Waals surface area contributed by atoms with Gasteiger partial charge in [-0.2, -0.15) is 0 Å². The molecule has 3 aliphatic heterocycles. The Kier molecular flexibility index (Phi) is 13.2. The number of unbranched alkanes of at least 4 members (excludes halogenated alkanes) is 3. The molecule has 4 N–H and O–H groups in total. The molecule has 342 valence electrons. The van der Waals surface area contributed by atoms with Gasteiger partial charge >= 0.3 is 5.97 Å². The van der Waals surface area contributed by atoms with Crippen molar-refractivity contribution in [3.63, 3.8) is 0 Å². The molecule has 4 heterocycles. The van der Waals surface area contributed by atoms with Crippen LogP contribution in [0, 0.1) is 0 Å². The fourth-order valence-corrected chi connectivity index (χ4v) is 9.24. The molecular weight excluding hydrogens is 849 g/mol. The van der Waals surface area contributed by atoms with Gasteiger partial charge in [-0.1, -0.05) is 55.3 Å². The van der Waals surface area contributed by atoms with E-state index in [1.807, 2.05) is 29.2 Å². The van der Waals surface area contributed by atoms with Gasteiger partial charge in [-0.05, 0) is 79.1 Å². The number of carbonyl (C=O) groups is 8. The highest BCUT2D eigenvalue weighted by Gasteiger charge is 2.48. The molecule has 17 heteroatoms. The fourth-order valence-electron chi connectivity index (χ4n) is 9.24. The van der Waals surface area contributed by atoms with E-state index in [4.69, 9.17) is 9.47 Å². The minimum atomic E-state index is -1.35. The van der Waals surface area contributed by atoms with E-state index in [1.54, 1.807) is 42.5 Å². The third-order valence-electron chi connectivity index (χ3n) is 12.8. The highest BCUT2D eigenvalue weighted by molar-refractivity contribution is 6.24. The van der Waals surface area contributed by atoms with E-state index in [9.17, 15) is 43.5 Å². The molecule has 3 aromatic carbocycles. The number of hydrogen-bond donors (Lipinski definition) is 4. The van der Waals surface area contributed by atoms with Gasteiger partial charge in [0.1, 0.15) is 17.3 Å². The number of rotatable bonds is 15. The first-order chi connectivity index (χ1) is 31.9. The lowest BCUT2D eigenvalue weighted by molar-refractivity contribution is -0.148. The number of pyridine rings is 1. The number of likely N-dealkylation sites (tertiary alicyclic amines) is 1. The fraction of sp³-hybridized carbons (Fsp3) is 0.367.